The summed E-state index contributed by atoms with van der Waals surface area (Å²) in [5.41, 5.74) is 5.27. The van der Waals surface area contributed by atoms with E-state index >= 15 is 0 Å². The number of aliphatic hydroxyl groups is 1. The first-order valence-corrected chi connectivity index (χ1v) is 7.13. The largest absolute Gasteiger partial charge is 0.397 e. The molecule has 0 fully saturated rings. The quantitative estimate of drug-likeness (QED) is 0.730. The Bertz CT molecular complexity index is 479. The SMILES string of the molecule is CC(C)CC(C)(O)CNC(=O)c1cc(N)c(Cl)c(Cl)c1. The zero-order valence-electron chi connectivity index (χ0n) is 11.8. The maximum Gasteiger partial charge on any atom is 0.251 e. The highest BCUT2D eigenvalue weighted by molar-refractivity contribution is 6.43. The summed E-state index contributed by atoms with van der Waals surface area (Å²) in [5.74, 6) is -0.0122. The normalized spacial score (nSPS) is 14.2. The predicted octanol–water partition coefficient (Wildman–Crippen LogP) is 3.10. The summed E-state index contributed by atoms with van der Waals surface area (Å²) in [5, 5.41) is 13.3. The van der Waals surface area contributed by atoms with Gasteiger partial charge in [-0.25, -0.2) is 0 Å². The second-order valence-electron chi connectivity index (χ2n) is 5.64. The van der Waals surface area contributed by atoms with Gasteiger partial charge in [0.25, 0.3) is 5.91 Å². The molecule has 1 aromatic rings. The topological polar surface area (TPSA) is 75.3 Å². The third kappa shape index (κ3) is 4.85. The molecular weight excluding hydrogens is 299 g/mol. The summed E-state index contributed by atoms with van der Waals surface area (Å²) in [7, 11) is 0. The minimum Gasteiger partial charge on any atom is -0.397 e. The number of nitrogen functional groups attached to an aromatic ring is 1. The summed E-state index contributed by atoms with van der Waals surface area (Å²) in [6.45, 7) is 5.87. The van der Waals surface area contributed by atoms with Crippen molar-refractivity contribution in [3.05, 3.63) is 27.7 Å². The van der Waals surface area contributed by atoms with Crippen LogP contribution in [0.3, 0.4) is 0 Å². The lowest BCUT2D eigenvalue weighted by molar-refractivity contribution is 0.0368. The molecule has 0 aliphatic rings. The van der Waals surface area contributed by atoms with Crippen LogP contribution in [0.4, 0.5) is 5.69 Å². The standard InChI is InChI=1S/C14H20Cl2N2O2/c1-8(2)6-14(3,20)7-18-13(19)9-4-10(15)12(16)11(17)5-9/h4-5,8,20H,6-7,17H2,1-3H3,(H,18,19). The molecule has 1 unspecified atom stereocenters. The smallest absolute Gasteiger partial charge is 0.251 e. The van der Waals surface area contributed by atoms with E-state index in [-0.39, 0.29) is 28.2 Å². The van der Waals surface area contributed by atoms with Crippen LogP contribution in [0.2, 0.25) is 10.0 Å². The molecule has 0 spiro atoms. The molecule has 20 heavy (non-hydrogen) atoms. The molecule has 0 radical (unpaired) electrons. The van der Waals surface area contributed by atoms with Crippen LogP contribution in [0, 0.1) is 5.92 Å². The van der Waals surface area contributed by atoms with Gasteiger partial charge in [0.1, 0.15) is 0 Å². The van der Waals surface area contributed by atoms with E-state index in [2.05, 4.69) is 5.32 Å². The Morgan fingerprint density at radius 1 is 1.45 bits per heavy atom. The zero-order chi connectivity index (χ0) is 15.5. The van der Waals surface area contributed by atoms with Gasteiger partial charge in [0.2, 0.25) is 0 Å². The highest BCUT2D eigenvalue weighted by Gasteiger charge is 2.23. The number of halogens is 2. The van der Waals surface area contributed by atoms with Gasteiger partial charge < -0.3 is 16.2 Å². The Morgan fingerprint density at radius 2 is 2.05 bits per heavy atom. The van der Waals surface area contributed by atoms with Gasteiger partial charge in [-0.15, -0.1) is 0 Å². The number of hydrogen-bond donors (Lipinski definition) is 3. The van der Waals surface area contributed by atoms with Crippen LogP contribution in [0.25, 0.3) is 0 Å². The van der Waals surface area contributed by atoms with Crippen molar-refractivity contribution in [2.75, 3.05) is 12.3 Å². The predicted molar refractivity (Wildman–Crippen MR) is 83.3 cm³/mol. The number of nitrogens with two attached hydrogens (primary N) is 1. The van der Waals surface area contributed by atoms with Gasteiger partial charge in [-0.05, 0) is 31.4 Å². The first-order chi connectivity index (χ1) is 9.12. The minimum absolute atomic E-state index is 0.157. The van der Waals surface area contributed by atoms with E-state index in [1.165, 1.54) is 12.1 Å². The highest BCUT2D eigenvalue weighted by atomic mass is 35.5. The molecule has 1 amide bonds. The number of benzene rings is 1. The summed E-state index contributed by atoms with van der Waals surface area (Å²) < 4.78 is 0. The Labute approximate surface area is 129 Å². The minimum atomic E-state index is -0.953. The van der Waals surface area contributed by atoms with Crippen LogP contribution in [0.5, 0.6) is 0 Å². The summed E-state index contributed by atoms with van der Waals surface area (Å²) >= 11 is 11.7. The van der Waals surface area contributed by atoms with E-state index in [0.717, 1.165) is 0 Å². The summed E-state index contributed by atoms with van der Waals surface area (Å²) in [6.07, 6.45) is 0.594. The van der Waals surface area contributed by atoms with Crippen molar-refractivity contribution in [1.29, 1.82) is 0 Å². The van der Waals surface area contributed by atoms with Gasteiger partial charge in [0.15, 0.2) is 0 Å². The third-order valence-corrected chi connectivity index (χ3v) is 3.61. The molecule has 6 heteroatoms. The molecule has 0 aliphatic heterocycles. The lowest BCUT2D eigenvalue weighted by Gasteiger charge is -2.25. The number of hydrogen-bond acceptors (Lipinski definition) is 3. The van der Waals surface area contributed by atoms with Gasteiger partial charge in [0, 0.05) is 12.1 Å². The van der Waals surface area contributed by atoms with Crippen molar-refractivity contribution in [2.45, 2.75) is 32.8 Å². The van der Waals surface area contributed by atoms with Crippen molar-refractivity contribution in [2.24, 2.45) is 5.92 Å². The number of anilines is 1. The van der Waals surface area contributed by atoms with Crippen molar-refractivity contribution in [3.63, 3.8) is 0 Å². The maximum absolute atomic E-state index is 12.0. The number of nitrogens with one attached hydrogen (secondary N) is 1. The Kier molecular flexibility index (Phi) is 5.68. The van der Waals surface area contributed by atoms with Gasteiger partial charge in [0.05, 0.1) is 21.3 Å². The average molecular weight is 319 g/mol. The second-order valence-corrected chi connectivity index (χ2v) is 6.42. The second kappa shape index (κ2) is 6.66. The molecule has 1 rings (SSSR count). The van der Waals surface area contributed by atoms with E-state index < -0.39 is 5.60 Å². The van der Waals surface area contributed by atoms with Gasteiger partial charge in [-0.1, -0.05) is 37.0 Å². The van der Waals surface area contributed by atoms with E-state index in [1.807, 2.05) is 13.8 Å². The lowest BCUT2D eigenvalue weighted by Crippen LogP contribution is -2.41. The van der Waals surface area contributed by atoms with E-state index in [4.69, 9.17) is 28.9 Å². The van der Waals surface area contributed by atoms with Gasteiger partial charge in [-0.3, -0.25) is 4.79 Å². The summed E-state index contributed by atoms with van der Waals surface area (Å²) in [4.78, 5) is 12.0. The molecule has 112 valence electrons. The van der Waals surface area contributed by atoms with Gasteiger partial charge >= 0.3 is 0 Å². The number of rotatable bonds is 5. The molecule has 0 bridgehead atoms. The van der Waals surface area contributed by atoms with Crippen molar-refractivity contribution >= 4 is 34.8 Å². The Morgan fingerprint density at radius 3 is 2.55 bits per heavy atom. The molecule has 4 N–H and O–H groups in total. The number of amides is 1. The highest BCUT2D eigenvalue weighted by Crippen LogP contribution is 2.29. The van der Waals surface area contributed by atoms with Crippen molar-refractivity contribution < 1.29 is 9.90 Å². The summed E-state index contributed by atoms with van der Waals surface area (Å²) in [6, 6.07) is 2.91. The molecule has 0 heterocycles. The van der Waals surface area contributed by atoms with Crippen LogP contribution in [0.1, 0.15) is 37.6 Å². The van der Waals surface area contributed by atoms with E-state index in [9.17, 15) is 9.90 Å². The molecule has 0 aliphatic carbocycles. The molecule has 1 atom stereocenters. The van der Waals surface area contributed by atoms with Crippen LogP contribution in [0.15, 0.2) is 12.1 Å². The Hall–Kier alpha value is -0.970. The molecular formula is C14H20Cl2N2O2. The van der Waals surface area contributed by atoms with Crippen LogP contribution in [-0.4, -0.2) is 23.2 Å². The van der Waals surface area contributed by atoms with Crippen LogP contribution >= 0.6 is 23.2 Å². The monoisotopic (exact) mass is 318 g/mol. The fraction of sp³-hybridized carbons (Fsp3) is 0.500. The van der Waals surface area contributed by atoms with Gasteiger partial charge in [-0.2, -0.15) is 0 Å². The average Bonchev–Trinajstić information content (AvgIpc) is 2.31. The number of carbonyl (C=O) groups is 1. The first-order valence-electron chi connectivity index (χ1n) is 6.37. The third-order valence-electron chi connectivity index (χ3n) is 2.80. The van der Waals surface area contributed by atoms with Crippen LogP contribution < -0.4 is 11.1 Å². The van der Waals surface area contributed by atoms with Crippen molar-refractivity contribution in [1.82, 2.24) is 5.32 Å². The zero-order valence-corrected chi connectivity index (χ0v) is 13.3. The fourth-order valence-corrected chi connectivity index (χ4v) is 2.40. The molecule has 1 aromatic carbocycles. The first kappa shape index (κ1) is 17.1. The molecule has 0 aromatic heterocycles. The molecule has 0 saturated carbocycles. The fourth-order valence-electron chi connectivity index (χ4n) is 2.07. The van der Waals surface area contributed by atoms with E-state index in [0.29, 0.717) is 17.9 Å². The van der Waals surface area contributed by atoms with E-state index in [1.54, 1.807) is 6.92 Å². The Balaban J connectivity index is 2.73. The molecule has 4 nitrogen and oxygen atoms in total. The molecule has 0 saturated heterocycles. The van der Waals surface area contributed by atoms with Crippen LogP contribution in [-0.2, 0) is 0 Å². The maximum atomic E-state index is 12.0. The number of carbonyl (C=O) groups excluding carboxylic acids is 1. The van der Waals surface area contributed by atoms with Crippen molar-refractivity contribution in [3.8, 4) is 0 Å². The lowest BCUT2D eigenvalue weighted by atomic mass is 9.94.